The molecule has 5 nitrogen and oxygen atoms in total. The SMILES string of the molecule is COc1cc(C)c(S(=O)(=O)NCCOc2ccccc2)cc1C. The van der Waals surface area contributed by atoms with Crippen LogP contribution in [0, 0.1) is 13.8 Å². The van der Waals surface area contributed by atoms with Crippen molar-refractivity contribution in [3.8, 4) is 11.5 Å². The molecular formula is C17H21NO4S. The maximum atomic E-state index is 12.4. The van der Waals surface area contributed by atoms with Crippen molar-refractivity contribution < 1.29 is 17.9 Å². The zero-order chi connectivity index (χ0) is 16.9. The number of para-hydroxylation sites is 1. The topological polar surface area (TPSA) is 64.6 Å². The molecule has 0 aromatic heterocycles. The molecule has 0 saturated heterocycles. The number of benzene rings is 2. The van der Waals surface area contributed by atoms with Crippen molar-refractivity contribution in [2.24, 2.45) is 0 Å². The fourth-order valence-electron chi connectivity index (χ4n) is 2.21. The van der Waals surface area contributed by atoms with E-state index in [1.165, 1.54) is 0 Å². The van der Waals surface area contributed by atoms with E-state index in [1.807, 2.05) is 37.3 Å². The highest BCUT2D eigenvalue weighted by Gasteiger charge is 2.18. The van der Waals surface area contributed by atoms with Gasteiger partial charge in [-0.2, -0.15) is 0 Å². The van der Waals surface area contributed by atoms with Crippen LogP contribution in [0.4, 0.5) is 0 Å². The average molecular weight is 335 g/mol. The second-order valence-corrected chi connectivity index (χ2v) is 6.88. The van der Waals surface area contributed by atoms with Gasteiger partial charge in [0.15, 0.2) is 0 Å². The molecule has 2 aromatic rings. The zero-order valence-corrected chi connectivity index (χ0v) is 14.3. The van der Waals surface area contributed by atoms with E-state index in [0.29, 0.717) is 17.1 Å². The highest BCUT2D eigenvalue weighted by atomic mass is 32.2. The number of ether oxygens (including phenoxy) is 2. The molecule has 0 fully saturated rings. The Kier molecular flexibility index (Phi) is 5.63. The molecule has 2 rings (SSSR count). The molecular weight excluding hydrogens is 314 g/mol. The lowest BCUT2D eigenvalue weighted by Crippen LogP contribution is -2.29. The van der Waals surface area contributed by atoms with Crippen LogP contribution in [0.25, 0.3) is 0 Å². The number of sulfonamides is 1. The van der Waals surface area contributed by atoms with Gasteiger partial charge in [0.25, 0.3) is 0 Å². The summed E-state index contributed by atoms with van der Waals surface area (Å²) in [5.74, 6) is 1.39. The minimum atomic E-state index is -3.58. The van der Waals surface area contributed by atoms with Crippen LogP contribution in [-0.4, -0.2) is 28.7 Å². The lowest BCUT2D eigenvalue weighted by molar-refractivity contribution is 0.323. The Hall–Kier alpha value is -2.05. The predicted octanol–water partition coefficient (Wildman–Crippen LogP) is 2.67. The van der Waals surface area contributed by atoms with Gasteiger partial charge in [-0.05, 0) is 49.2 Å². The minimum Gasteiger partial charge on any atom is -0.496 e. The van der Waals surface area contributed by atoms with E-state index in [-0.39, 0.29) is 18.0 Å². The zero-order valence-electron chi connectivity index (χ0n) is 13.5. The maximum Gasteiger partial charge on any atom is 0.240 e. The number of hydrogen-bond acceptors (Lipinski definition) is 4. The van der Waals surface area contributed by atoms with E-state index in [0.717, 1.165) is 5.56 Å². The van der Waals surface area contributed by atoms with Crippen LogP contribution in [0.5, 0.6) is 11.5 Å². The molecule has 0 atom stereocenters. The summed E-state index contributed by atoms with van der Waals surface area (Å²) < 4.78 is 38.1. The molecule has 0 heterocycles. The molecule has 0 aliphatic heterocycles. The van der Waals surface area contributed by atoms with Gasteiger partial charge < -0.3 is 9.47 Å². The van der Waals surface area contributed by atoms with Crippen molar-refractivity contribution in [2.75, 3.05) is 20.3 Å². The average Bonchev–Trinajstić information content (AvgIpc) is 2.54. The fraction of sp³-hybridized carbons (Fsp3) is 0.294. The summed E-state index contributed by atoms with van der Waals surface area (Å²) in [7, 11) is -2.01. The van der Waals surface area contributed by atoms with E-state index in [1.54, 1.807) is 26.2 Å². The van der Waals surface area contributed by atoms with Crippen LogP contribution >= 0.6 is 0 Å². The van der Waals surface area contributed by atoms with Gasteiger partial charge in [0, 0.05) is 6.54 Å². The van der Waals surface area contributed by atoms with Crippen molar-refractivity contribution in [2.45, 2.75) is 18.7 Å². The Labute approximate surface area is 137 Å². The lowest BCUT2D eigenvalue weighted by atomic mass is 10.1. The van der Waals surface area contributed by atoms with Gasteiger partial charge in [-0.15, -0.1) is 0 Å². The third kappa shape index (κ3) is 4.46. The largest absolute Gasteiger partial charge is 0.496 e. The molecule has 0 radical (unpaired) electrons. The van der Waals surface area contributed by atoms with Crippen LogP contribution in [0.15, 0.2) is 47.4 Å². The van der Waals surface area contributed by atoms with Gasteiger partial charge >= 0.3 is 0 Å². The Bertz CT molecular complexity index is 758. The highest BCUT2D eigenvalue weighted by molar-refractivity contribution is 7.89. The summed E-state index contributed by atoms with van der Waals surface area (Å²) in [5, 5.41) is 0. The monoisotopic (exact) mass is 335 g/mol. The van der Waals surface area contributed by atoms with Crippen molar-refractivity contribution >= 4 is 10.0 Å². The predicted molar refractivity (Wildman–Crippen MR) is 89.6 cm³/mol. The van der Waals surface area contributed by atoms with Crippen molar-refractivity contribution in [3.63, 3.8) is 0 Å². The standard InChI is InChI=1S/C17H21NO4S/c1-13-12-17(14(2)11-16(13)21-3)23(19,20)18-9-10-22-15-7-5-4-6-8-15/h4-8,11-12,18H,9-10H2,1-3H3. The molecule has 0 spiro atoms. The van der Waals surface area contributed by atoms with Crippen molar-refractivity contribution in [1.29, 1.82) is 0 Å². The van der Waals surface area contributed by atoms with Gasteiger partial charge in [-0.25, -0.2) is 13.1 Å². The first-order valence-electron chi connectivity index (χ1n) is 7.27. The maximum absolute atomic E-state index is 12.4. The lowest BCUT2D eigenvalue weighted by Gasteiger charge is -2.13. The van der Waals surface area contributed by atoms with Gasteiger partial charge in [0.05, 0.1) is 12.0 Å². The first-order valence-corrected chi connectivity index (χ1v) is 8.75. The van der Waals surface area contributed by atoms with E-state index in [4.69, 9.17) is 9.47 Å². The fourth-order valence-corrected chi connectivity index (χ4v) is 3.53. The Morgan fingerprint density at radius 1 is 1.04 bits per heavy atom. The quantitative estimate of drug-likeness (QED) is 0.790. The first-order chi connectivity index (χ1) is 10.9. The summed E-state index contributed by atoms with van der Waals surface area (Å²) in [6, 6.07) is 12.6. The second-order valence-electron chi connectivity index (χ2n) is 5.15. The van der Waals surface area contributed by atoms with Gasteiger partial charge in [0.2, 0.25) is 10.0 Å². The van der Waals surface area contributed by atoms with Crippen LogP contribution in [-0.2, 0) is 10.0 Å². The molecule has 0 aliphatic carbocycles. The summed E-state index contributed by atoms with van der Waals surface area (Å²) in [6.07, 6.45) is 0. The van der Waals surface area contributed by atoms with Gasteiger partial charge in [-0.1, -0.05) is 18.2 Å². The smallest absolute Gasteiger partial charge is 0.240 e. The summed E-state index contributed by atoms with van der Waals surface area (Å²) >= 11 is 0. The molecule has 0 amide bonds. The number of nitrogens with one attached hydrogen (secondary N) is 1. The Morgan fingerprint density at radius 3 is 2.39 bits per heavy atom. The molecule has 6 heteroatoms. The Morgan fingerprint density at radius 2 is 1.74 bits per heavy atom. The molecule has 124 valence electrons. The first kappa shape index (κ1) is 17.3. The molecule has 0 saturated carbocycles. The molecule has 23 heavy (non-hydrogen) atoms. The minimum absolute atomic E-state index is 0.196. The van der Waals surface area contributed by atoms with E-state index >= 15 is 0 Å². The molecule has 1 N–H and O–H groups in total. The van der Waals surface area contributed by atoms with E-state index in [9.17, 15) is 8.42 Å². The van der Waals surface area contributed by atoms with Gasteiger partial charge in [-0.3, -0.25) is 0 Å². The normalized spacial score (nSPS) is 11.3. The summed E-state index contributed by atoms with van der Waals surface area (Å²) in [6.45, 7) is 4.02. The third-order valence-corrected chi connectivity index (χ3v) is 4.99. The molecule has 2 aromatic carbocycles. The van der Waals surface area contributed by atoms with Crippen LogP contribution < -0.4 is 14.2 Å². The van der Waals surface area contributed by atoms with Gasteiger partial charge in [0.1, 0.15) is 18.1 Å². The number of hydrogen-bond donors (Lipinski definition) is 1. The van der Waals surface area contributed by atoms with Crippen LogP contribution in [0.1, 0.15) is 11.1 Å². The molecule has 0 bridgehead atoms. The van der Waals surface area contributed by atoms with Crippen molar-refractivity contribution in [3.05, 3.63) is 53.6 Å². The van der Waals surface area contributed by atoms with Crippen molar-refractivity contribution in [1.82, 2.24) is 4.72 Å². The summed E-state index contributed by atoms with van der Waals surface area (Å²) in [4.78, 5) is 0.260. The summed E-state index contributed by atoms with van der Waals surface area (Å²) in [5.41, 5.74) is 1.42. The molecule has 0 unspecified atom stereocenters. The number of aryl methyl sites for hydroxylation is 2. The molecule has 0 aliphatic rings. The van der Waals surface area contributed by atoms with E-state index < -0.39 is 10.0 Å². The Balaban J connectivity index is 2.00. The van der Waals surface area contributed by atoms with Crippen LogP contribution in [0.2, 0.25) is 0 Å². The highest BCUT2D eigenvalue weighted by Crippen LogP contribution is 2.25. The second kappa shape index (κ2) is 7.48. The number of methoxy groups -OCH3 is 1. The number of rotatable bonds is 7. The van der Waals surface area contributed by atoms with Crippen LogP contribution in [0.3, 0.4) is 0 Å². The third-order valence-electron chi connectivity index (χ3n) is 3.39. The van der Waals surface area contributed by atoms with E-state index in [2.05, 4.69) is 4.72 Å².